The van der Waals surface area contributed by atoms with Crippen LogP contribution in [0.2, 0.25) is 0 Å². The van der Waals surface area contributed by atoms with Crippen LogP contribution in [-0.2, 0) is 6.54 Å². The van der Waals surface area contributed by atoms with Crippen LogP contribution in [-0.4, -0.2) is 14.7 Å². The Morgan fingerprint density at radius 2 is 2.21 bits per heavy atom. The van der Waals surface area contributed by atoms with Crippen molar-refractivity contribution in [1.29, 1.82) is 0 Å². The van der Waals surface area contributed by atoms with E-state index >= 15 is 0 Å². The van der Waals surface area contributed by atoms with E-state index in [1.165, 1.54) is 0 Å². The molecule has 1 heterocycles. The number of imidazole rings is 1. The van der Waals surface area contributed by atoms with Crippen molar-refractivity contribution < 1.29 is 5.11 Å². The van der Waals surface area contributed by atoms with Crippen LogP contribution in [0, 0.1) is 5.92 Å². The summed E-state index contributed by atoms with van der Waals surface area (Å²) in [6.45, 7) is 7.21. The summed E-state index contributed by atoms with van der Waals surface area (Å²) in [5.74, 6) is 0.294. The Hall–Kier alpha value is -0.830. The Kier molecular flexibility index (Phi) is 4.14. The highest BCUT2D eigenvalue weighted by Crippen LogP contribution is 2.23. The van der Waals surface area contributed by atoms with Crippen molar-refractivity contribution in [2.45, 2.75) is 46.3 Å². The number of hydrogen-bond acceptors (Lipinski definition) is 2. The predicted molar refractivity (Wildman–Crippen MR) is 56.9 cm³/mol. The molecule has 0 aliphatic rings. The van der Waals surface area contributed by atoms with Crippen LogP contribution < -0.4 is 0 Å². The molecule has 0 spiro atoms. The van der Waals surface area contributed by atoms with E-state index in [-0.39, 0.29) is 6.10 Å². The molecule has 2 atom stereocenters. The lowest BCUT2D eigenvalue weighted by atomic mass is 10.00. The van der Waals surface area contributed by atoms with Crippen molar-refractivity contribution in [2.75, 3.05) is 0 Å². The topological polar surface area (TPSA) is 38.0 Å². The molecule has 0 aliphatic heterocycles. The third-order valence-corrected chi connectivity index (χ3v) is 2.69. The fourth-order valence-corrected chi connectivity index (χ4v) is 1.52. The third-order valence-electron chi connectivity index (χ3n) is 2.69. The molecule has 1 N–H and O–H groups in total. The second kappa shape index (κ2) is 5.15. The van der Waals surface area contributed by atoms with Crippen LogP contribution in [0.3, 0.4) is 0 Å². The average molecular weight is 196 g/mol. The largest absolute Gasteiger partial charge is 0.387 e. The third kappa shape index (κ3) is 2.35. The number of aliphatic hydroxyl groups excluding tert-OH is 1. The maximum Gasteiger partial charge on any atom is 0.0981 e. The van der Waals surface area contributed by atoms with Gasteiger partial charge in [-0.1, -0.05) is 27.2 Å². The first-order valence-electron chi connectivity index (χ1n) is 5.38. The van der Waals surface area contributed by atoms with Gasteiger partial charge in [0, 0.05) is 6.54 Å². The van der Waals surface area contributed by atoms with Crippen LogP contribution in [0.25, 0.3) is 0 Å². The molecule has 0 radical (unpaired) electrons. The van der Waals surface area contributed by atoms with E-state index in [2.05, 4.69) is 25.8 Å². The average Bonchev–Trinajstić information content (AvgIpc) is 2.64. The number of aromatic nitrogens is 2. The molecular formula is C11H20N2O. The number of hydrogen-bond donors (Lipinski definition) is 1. The molecule has 2 unspecified atom stereocenters. The molecule has 3 nitrogen and oxygen atoms in total. The van der Waals surface area contributed by atoms with Crippen LogP contribution in [0.5, 0.6) is 0 Å². The van der Waals surface area contributed by atoms with Crippen LogP contribution in [0.15, 0.2) is 12.5 Å². The maximum absolute atomic E-state index is 10.0. The second-order valence-electron chi connectivity index (χ2n) is 3.84. The minimum absolute atomic E-state index is 0.294. The van der Waals surface area contributed by atoms with Crippen molar-refractivity contribution in [3.8, 4) is 0 Å². The number of aliphatic hydroxyl groups is 1. The van der Waals surface area contributed by atoms with Gasteiger partial charge in [0.1, 0.15) is 0 Å². The maximum atomic E-state index is 10.0. The molecule has 0 bridgehead atoms. The van der Waals surface area contributed by atoms with E-state index in [1.807, 2.05) is 4.57 Å². The molecule has 0 aliphatic carbocycles. The highest BCUT2D eigenvalue weighted by atomic mass is 16.3. The second-order valence-corrected chi connectivity index (χ2v) is 3.84. The highest BCUT2D eigenvalue weighted by Gasteiger charge is 2.17. The lowest BCUT2D eigenvalue weighted by Gasteiger charge is -2.18. The van der Waals surface area contributed by atoms with Gasteiger partial charge in [-0.15, -0.1) is 0 Å². The van der Waals surface area contributed by atoms with Gasteiger partial charge in [0.05, 0.1) is 24.3 Å². The zero-order valence-corrected chi connectivity index (χ0v) is 9.27. The molecule has 0 fully saturated rings. The molecule has 0 aromatic carbocycles. The van der Waals surface area contributed by atoms with Crippen molar-refractivity contribution in [1.82, 2.24) is 9.55 Å². The van der Waals surface area contributed by atoms with Crippen LogP contribution >= 0.6 is 0 Å². The van der Waals surface area contributed by atoms with Gasteiger partial charge in [-0.3, -0.25) is 0 Å². The zero-order valence-electron chi connectivity index (χ0n) is 9.27. The summed E-state index contributed by atoms with van der Waals surface area (Å²) in [5.41, 5.74) is 0.946. The molecule has 0 saturated heterocycles. The number of aryl methyl sites for hydroxylation is 1. The van der Waals surface area contributed by atoms with Gasteiger partial charge in [-0.05, 0) is 12.3 Å². The molecule has 14 heavy (non-hydrogen) atoms. The van der Waals surface area contributed by atoms with Gasteiger partial charge in [-0.25, -0.2) is 4.98 Å². The van der Waals surface area contributed by atoms with Gasteiger partial charge in [0.15, 0.2) is 0 Å². The molecule has 1 aromatic rings. The summed E-state index contributed by atoms with van der Waals surface area (Å²) in [6, 6.07) is 0. The Labute approximate surface area is 85.8 Å². The van der Waals surface area contributed by atoms with Crippen molar-refractivity contribution >= 4 is 0 Å². The minimum Gasteiger partial charge on any atom is -0.387 e. The van der Waals surface area contributed by atoms with Crippen LogP contribution in [0.4, 0.5) is 0 Å². The van der Waals surface area contributed by atoms with Gasteiger partial charge >= 0.3 is 0 Å². The minimum atomic E-state index is -0.381. The summed E-state index contributed by atoms with van der Waals surface area (Å²) in [7, 11) is 0. The summed E-state index contributed by atoms with van der Waals surface area (Å²) < 4.78 is 2.04. The quantitative estimate of drug-likeness (QED) is 0.785. The summed E-state index contributed by atoms with van der Waals surface area (Å²) >= 11 is 0. The first-order valence-corrected chi connectivity index (χ1v) is 5.38. The van der Waals surface area contributed by atoms with Gasteiger partial charge < -0.3 is 9.67 Å². The van der Waals surface area contributed by atoms with E-state index in [4.69, 9.17) is 0 Å². The standard InChI is InChI=1S/C11H20N2O/c1-4-6-13-8-12-7-10(13)11(14)9(3)5-2/h7-9,11,14H,4-6H2,1-3H3. The van der Waals surface area contributed by atoms with Crippen molar-refractivity contribution in [3.63, 3.8) is 0 Å². The molecular weight excluding hydrogens is 176 g/mol. The number of rotatable bonds is 5. The Balaban J connectivity index is 2.77. The van der Waals surface area contributed by atoms with Crippen molar-refractivity contribution in [2.24, 2.45) is 5.92 Å². The molecule has 1 aromatic heterocycles. The SMILES string of the molecule is CCCn1cncc1C(O)C(C)CC. The normalized spacial score (nSPS) is 15.4. The van der Waals surface area contributed by atoms with E-state index < -0.39 is 0 Å². The van der Waals surface area contributed by atoms with Gasteiger partial charge in [-0.2, -0.15) is 0 Å². The van der Waals surface area contributed by atoms with Gasteiger partial charge in [0.25, 0.3) is 0 Å². The molecule has 0 amide bonds. The van der Waals surface area contributed by atoms with E-state index in [0.717, 1.165) is 25.1 Å². The lowest BCUT2D eigenvalue weighted by molar-refractivity contribution is 0.107. The predicted octanol–water partition coefficient (Wildman–Crippen LogP) is 2.37. The summed E-state index contributed by atoms with van der Waals surface area (Å²) in [6.07, 6.45) is 5.24. The molecule has 0 saturated carbocycles. The lowest BCUT2D eigenvalue weighted by Crippen LogP contribution is -2.13. The smallest absolute Gasteiger partial charge is 0.0981 e. The summed E-state index contributed by atoms with van der Waals surface area (Å²) in [4.78, 5) is 4.08. The Morgan fingerprint density at radius 3 is 2.79 bits per heavy atom. The Bertz CT molecular complexity index is 270. The molecule has 1 rings (SSSR count). The van der Waals surface area contributed by atoms with E-state index in [9.17, 15) is 5.11 Å². The molecule has 3 heteroatoms. The fourth-order valence-electron chi connectivity index (χ4n) is 1.52. The van der Waals surface area contributed by atoms with E-state index in [1.54, 1.807) is 12.5 Å². The van der Waals surface area contributed by atoms with Crippen molar-refractivity contribution in [3.05, 3.63) is 18.2 Å². The van der Waals surface area contributed by atoms with Gasteiger partial charge in [0.2, 0.25) is 0 Å². The summed E-state index contributed by atoms with van der Waals surface area (Å²) in [5, 5.41) is 10.0. The van der Waals surface area contributed by atoms with E-state index in [0.29, 0.717) is 5.92 Å². The molecule has 80 valence electrons. The fraction of sp³-hybridized carbons (Fsp3) is 0.727. The highest BCUT2D eigenvalue weighted by molar-refractivity contribution is 5.03. The Morgan fingerprint density at radius 1 is 1.50 bits per heavy atom. The monoisotopic (exact) mass is 196 g/mol. The number of nitrogens with zero attached hydrogens (tertiary/aromatic N) is 2. The first-order chi connectivity index (χ1) is 6.70. The zero-order chi connectivity index (χ0) is 10.6. The first kappa shape index (κ1) is 11.2. The van der Waals surface area contributed by atoms with Crippen LogP contribution in [0.1, 0.15) is 45.4 Å².